The van der Waals surface area contributed by atoms with Crippen molar-refractivity contribution in [2.45, 2.75) is 57.2 Å². The maximum Gasteiger partial charge on any atom is 0.165 e. The number of hydrogen-bond donors (Lipinski definition) is 1. The number of ether oxygens (including phenoxy) is 1. The minimum atomic E-state index is -0.766. The molecule has 0 bridgehead atoms. The van der Waals surface area contributed by atoms with E-state index >= 15 is 4.39 Å². The van der Waals surface area contributed by atoms with Gasteiger partial charge in [-0.25, -0.2) is 4.39 Å². The fourth-order valence-corrected chi connectivity index (χ4v) is 5.08. The number of benzene rings is 2. The van der Waals surface area contributed by atoms with Crippen molar-refractivity contribution in [3.05, 3.63) is 65.0 Å². The maximum absolute atomic E-state index is 15.1. The number of nitrogens with zero attached hydrogens (tertiary/aromatic N) is 2. The van der Waals surface area contributed by atoms with Crippen LogP contribution in [0.1, 0.15) is 54.7 Å². The van der Waals surface area contributed by atoms with E-state index in [9.17, 15) is 5.11 Å². The Labute approximate surface area is 216 Å². The summed E-state index contributed by atoms with van der Waals surface area (Å²) in [4.78, 5) is 4.76. The van der Waals surface area contributed by atoms with Gasteiger partial charge in [0, 0.05) is 38.6 Å². The van der Waals surface area contributed by atoms with Crippen LogP contribution in [0.25, 0.3) is 0 Å². The first-order valence-electron chi connectivity index (χ1n) is 12.0. The quantitative estimate of drug-likeness (QED) is 0.524. The molecule has 7 heteroatoms. The lowest BCUT2D eigenvalue weighted by Crippen LogP contribution is -2.50. The topological polar surface area (TPSA) is 35.9 Å². The summed E-state index contributed by atoms with van der Waals surface area (Å²) in [5.74, 6) is -0.174. The third-order valence-electron chi connectivity index (χ3n) is 7.28. The Morgan fingerprint density at radius 1 is 0.971 bits per heavy atom. The Morgan fingerprint density at radius 2 is 1.62 bits per heavy atom. The summed E-state index contributed by atoms with van der Waals surface area (Å²) in [5.41, 5.74) is 2.33. The monoisotopic (exact) mass is 512 g/mol. The zero-order valence-electron chi connectivity index (χ0n) is 20.3. The largest absolute Gasteiger partial charge is 0.486 e. The van der Waals surface area contributed by atoms with Gasteiger partial charge in [-0.2, -0.15) is 0 Å². The molecule has 1 saturated carbocycles. The van der Waals surface area contributed by atoms with E-state index in [2.05, 4.69) is 16.8 Å². The Bertz CT molecular complexity index is 883. The summed E-state index contributed by atoms with van der Waals surface area (Å²) in [6.07, 6.45) is 4.83. The Kier molecular flexibility index (Phi) is 11.1. The zero-order chi connectivity index (χ0) is 22.6. The number of aryl methyl sites for hydroxylation is 1. The standard InChI is InChI=1S/C27H37FN2O2.2ClH/c1-21-6-8-22(9-7-21)20-32-26-11-10-23(18-25(26)28)24(27(31)12-4-3-5-13-27)19-30-16-14-29(2)15-17-30;;/h6-11,18,24,31H,3-5,12-17,19-20H2,1-2H3;2*1H. The fraction of sp³-hybridized carbons (Fsp3) is 0.556. The molecule has 2 aliphatic rings. The highest BCUT2D eigenvalue weighted by atomic mass is 35.5. The van der Waals surface area contributed by atoms with Crippen molar-refractivity contribution in [1.82, 2.24) is 9.80 Å². The van der Waals surface area contributed by atoms with Crippen LogP contribution in [0.15, 0.2) is 42.5 Å². The lowest BCUT2D eigenvalue weighted by Gasteiger charge is -2.43. The van der Waals surface area contributed by atoms with Crippen molar-refractivity contribution >= 4 is 24.8 Å². The van der Waals surface area contributed by atoms with Gasteiger partial charge in [-0.1, -0.05) is 55.2 Å². The van der Waals surface area contributed by atoms with Gasteiger partial charge < -0.3 is 19.6 Å². The summed E-state index contributed by atoms with van der Waals surface area (Å²) in [5, 5.41) is 11.6. The van der Waals surface area contributed by atoms with E-state index in [0.717, 1.165) is 69.5 Å². The number of halogens is 3. The molecule has 1 unspecified atom stereocenters. The Hall–Kier alpha value is -1.37. The van der Waals surface area contributed by atoms with Crippen molar-refractivity contribution in [1.29, 1.82) is 0 Å². The van der Waals surface area contributed by atoms with E-state index in [4.69, 9.17) is 4.74 Å². The van der Waals surface area contributed by atoms with E-state index < -0.39 is 5.60 Å². The van der Waals surface area contributed by atoms with Crippen molar-refractivity contribution in [2.75, 3.05) is 39.8 Å². The van der Waals surface area contributed by atoms with Gasteiger partial charge in [0.15, 0.2) is 11.6 Å². The molecule has 1 aliphatic heterocycles. The first-order valence-corrected chi connectivity index (χ1v) is 12.0. The summed E-state index contributed by atoms with van der Waals surface area (Å²) >= 11 is 0. The number of hydrogen-bond acceptors (Lipinski definition) is 4. The van der Waals surface area contributed by atoms with Crippen molar-refractivity contribution < 1.29 is 14.2 Å². The predicted molar refractivity (Wildman–Crippen MR) is 141 cm³/mol. The fourth-order valence-electron chi connectivity index (χ4n) is 5.08. The highest BCUT2D eigenvalue weighted by molar-refractivity contribution is 5.85. The molecule has 1 saturated heterocycles. The van der Waals surface area contributed by atoms with Crippen molar-refractivity contribution in [2.24, 2.45) is 0 Å². The van der Waals surface area contributed by atoms with Crippen LogP contribution in [0.4, 0.5) is 4.39 Å². The molecular formula is C27H39Cl2FN2O2. The van der Waals surface area contributed by atoms with Crippen LogP contribution in [0.2, 0.25) is 0 Å². The van der Waals surface area contributed by atoms with Crippen LogP contribution in [0.3, 0.4) is 0 Å². The lowest BCUT2D eigenvalue weighted by molar-refractivity contribution is -0.0337. The van der Waals surface area contributed by atoms with Crippen LogP contribution in [-0.2, 0) is 6.61 Å². The van der Waals surface area contributed by atoms with E-state index in [-0.39, 0.29) is 42.3 Å². The van der Waals surface area contributed by atoms with Crippen LogP contribution in [-0.4, -0.2) is 60.3 Å². The molecule has 1 N–H and O–H groups in total. The highest BCUT2D eigenvalue weighted by Gasteiger charge is 2.40. The molecule has 1 aliphatic carbocycles. The van der Waals surface area contributed by atoms with Crippen molar-refractivity contribution in [3.63, 3.8) is 0 Å². The second kappa shape index (κ2) is 13.1. The minimum Gasteiger partial charge on any atom is -0.486 e. The van der Waals surface area contributed by atoms with Gasteiger partial charge in [0.2, 0.25) is 0 Å². The molecule has 4 nitrogen and oxygen atoms in total. The van der Waals surface area contributed by atoms with E-state index in [1.165, 1.54) is 12.0 Å². The van der Waals surface area contributed by atoms with Gasteiger partial charge in [-0.3, -0.25) is 0 Å². The normalized spacial score (nSPS) is 19.5. The van der Waals surface area contributed by atoms with Gasteiger partial charge in [0.25, 0.3) is 0 Å². The summed E-state index contributed by atoms with van der Waals surface area (Å²) in [6.45, 7) is 7.20. The van der Waals surface area contributed by atoms with Crippen LogP contribution in [0, 0.1) is 12.7 Å². The van der Waals surface area contributed by atoms with Crippen LogP contribution >= 0.6 is 24.8 Å². The van der Waals surface area contributed by atoms with Gasteiger partial charge in [-0.15, -0.1) is 24.8 Å². The summed E-state index contributed by atoms with van der Waals surface area (Å²) in [6, 6.07) is 13.4. The molecule has 4 rings (SSSR count). The molecule has 0 amide bonds. The molecule has 2 aromatic rings. The summed E-state index contributed by atoms with van der Waals surface area (Å²) < 4.78 is 20.8. The van der Waals surface area contributed by atoms with Gasteiger partial charge in [-0.05, 0) is 50.1 Å². The van der Waals surface area contributed by atoms with Crippen molar-refractivity contribution in [3.8, 4) is 5.75 Å². The Balaban J connectivity index is 0.00000204. The number of aliphatic hydroxyl groups is 1. The van der Waals surface area contributed by atoms with Gasteiger partial charge in [0.1, 0.15) is 6.61 Å². The third-order valence-corrected chi connectivity index (χ3v) is 7.28. The SMILES string of the molecule is Cc1ccc(COc2ccc(C(CN3CCN(C)CC3)C3(O)CCCCC3)cc2F)cc1.Cl.Cl. The molecule has 2 aromatic carbocycles. The highest BCUT2D eigenvalue weighted by Crippen LogP contribution is 2.41. The Morgan fingerprint density at radius 3 is 2.24 bits per heavy atom. The van der Waals surface area contributed by atoms with Gasteiger partial charge in [0.05, 0.1) is 5.60 Å². The number of piperazine rings is 1. The second-order valence-corrected chi connectivity index (χ2v) is 9.78. The number of likely N-dealkylation sites (N-methyl/N-ethyl adjacent to an activating group) is 1. The maximum atomic E-state index is 15.1. The average molecular weight is 514 g/mol. The molecular weight excluding hydrogens is 474 g/mol. The first-order chi connectivity index (χ1) is 15.4. The number of rotatable bonds is 7. The van der Waals surface area contributed by atoms with Crippen LogP contribution < -0.4 is 4.74 Å². The van der Waals surface area contributed by atoms with E-state index in [1.54, 1.807) is 12.1 Å². The molecule has 190 valence electrons. The molecule has 1 heterocycles. The molecule has 1 atom stereocenters. The molecule has 0 aromatic heterocycles. The zero-order valence-corrected chi connectivity index (χ0v) is 22.0. The lowest BCUT2D eigenvalue weighted by atomic mass is 9.72. The van der Waals surface area contributed by atoms with E-state index in [1.807, 2.05) is 37.3 Å². The average Bonchev–Trinajstić information content (AvgIpc) is 2.79. The molecule has 0 spiro atoms. The smallest absolute Gasteiger partial charge is 0.165 e. The molecule has 2 fully saturated rings. The third kappa shape index (κ3) is 7.32. The van der Waals surface area contributed by atoms with Gasteiger partial charge >= 0.3 is 0 Å². The molecule has 0 radical (unpaired) electrons. The first kappa shape index (κ1) is 28.9. The second-order valence-electron chi connectivity index (χ2n) is 9.78. The predicted octanol–water partition coefficient (Wildman–Crippen LogP) is 5.58. The minimum absolute atomic E-state index is 0. The van der Waals surface area contributed by atoms with E-state index in [0.29, 0.717) is 6.61 Å². The molecule has 34 heavy (non-hydrogen) atoms. The summed E-state index contributed by atoms with van der Waals surface area (Å²) in [7, 11) is 2.15. The van der Waals surface area contributed by atoms with Crippen LogP contribution in [0.5, 0.6) is 5.75 Å².